The molecule has 2 aromatic heterocycles. The molecule has 0 aliphatic rings. The fourth-order valence-electron chi connectivity index (χ4n) is 2.04. The van der Waals surface area contributed by atoms with Crippen molar-refractivity contribution >= 4 is 22.3 Å². The number of para-hydroxylation sites is 1. The van der Waals surface area contributed by atoms with Gasteiger partial charge in [-0.05, 0) is 12.1 Å². The van der Waals surface area contributed by atoms with E-state index >= 15 is 0 Å². The van der Waals surface area contributed by atoms with Crippen LogP contribution in [-0.4, -0.2) is 12.1 Å². The molecule has 1 aromatic carbocycles. The molecule has 3 rings (SSSR count). The van der Waals surface area contributed by atoms with Crippen LogP contribution < -0.4 is 10.4 Å². The first-order valence-electron chi connectivity index (χ1n) is 6.15. The van der Waals surface area contributed by atoms with Crippen molar-refractivity contribution in [2.75, 3.05) is 7.11 Å². The SMILES string of the molecule is COc1cccc2cc(-c3csc(CC#N)n3)c(=O)oc12. The highest BCUT2D eigenvalue weighted by atomic mass is 32.1. The Morgan fingerprint density at radius 1 is 1.48 bits per heavy atom. The summed E-state index contributed by atoms with van der Waals surface area (Å²) < 4.78 is 10.5. The standard InChI is InChI=1S/C15H10N2O3S/c1-19-12-4-2-3-9-7-10(15(18)20-14(9)12)11-8-21-13(17-11)5-6-16/h2-4,7-8H,5H2,1H3. The van der Waals surface area contributed by atoms with E-state index in [9.17, 15) is 4.79 Å². The minimum absolute atomic E-state index is 0.234. The molecule has 0 atom stereocenters. The zero-order valence-corrected chi connectivity index (χ0v) is 11.9. The van der Waals surface area contributed by atoms with Crippen LogP contribution in [0.1, 0.15) is 5.01 Å². The summed E-state index contributed by atoms with van der Waals surface area (Å²) in [5, 5.41) is 11.9. The van der Waals surface area contributed by atoms with Gasteiger partial charge in [0, 0.05) is 10.8 Å². The topological polar surface area (TPSA) is 76.1 Å². The summed E-state index contributed by atoms with van der Waals surface area (Å²) in [5.41, 5.74) is 0.863. The Morgan fingerprint density at radius 2 is 2.33 bits per heavy atom. The molecule has 0 saturated heterocycles. The summed E-state index contributed by atoms with van der Waals surface area (Å²) in [6.07, 6.45) is 0.234. The molecule has 0 aliphatic carbocycles. The van der Waals surface area contributed by atoms with Crippen molar-refractivity contribution in [2.45, 2.75) is 6.42 Å². The van der Waals surface area contributed by atoms with Crippen molar-refractivity contribution in [3.63, 3.8) is 0 Å². The van der Waals surface area contributed by atoms with Crippen LogP contribution in [0.5, 0.6) is 5.75 Å². The third kappa shape index (κ3) is 2.39. The summed E-state index contributed by atoms with van der Waals surface area (Å²) >= 11 is 1.35. The minimum atomic E-state index is -0.471. The van der Waals surface area contributed by atoms with Crippen LogP contribution >= 0.6 is 11.3 Å². The van der Waals surface area contributed by atoms with E-state index in [0.717, 1.165) is 5.39 Å². The Labute approximate surface area is 124 Å². The first kappa shape index (κ1) is 13.3. The van der Waals surface area contributed by atoms with E-state index in [1.165, 1.54) is 18.4 Å². The first-order chi connectivity index (χ1) is 10.2. The molecule has 104 valence electrons. The molecule has 0 bridgehead atoms. The maximum atomic E-state index is 12.1. The Morgan fingerprint density at radius 3 is 3.10 bits per heavy atom. The number of aromatic nitrogens is 1. The molecule has 2 heterocycles. The summed E-state index contributed by atoms with van der Waals surface area (Å²) in [7, 11) is 1.53. The van der Waals surface area contributed by atoms with Crippen LogP contribution in [0.15, 0.2) is 38.9 Å². The number of fused-ring (bicyclic) bond motifs is 1. The molecule has 6 heteroatoms. The highest BCUT2D eigenvalue weighted by molar-refractivity contribution is 7.10. The summed E-state index contributed by atoms with van der Waals surface area (Å²) in [4.78, 5) is 16.4. The van der Waals surface area contributed by atoms with Gasteiger partial charge in [0.25, 0.3) is 0 Å². The normalized spacial score (nSPS) is 10.5. The fraction of sp³-hybridized carbons (Fsp3) is 0.133. The average molecular weight is 298 g/mol. The summed E-state index contributed by atoms with van der Waals surface area (Å²) in [5.74, 6) is 0.514. The Hall–Kier alpha value is -2.65. The van der Waals surface area contributed by atoms with Crippen LogP contribution in [0.2, 0.25) is 0 Å². The van der Waals surface area contributed by atoms with Gasteiger partial charge in [0.1, 0.15) is 5.01 Å². The van der Waals surface area contributed by atoms with E-state index in [0.29, 0.717) is 27.6 Å². The largest absolute Gasteiger partial charge is 0.493 e. The fourth-order valence-corrected chi connectivity index (χ4v) is 2.77. The van der Waals surface area contributed by atoms with Crippen LogP contribution in [-0.2, 0) is 6.42 Å². The van der Waals surface area contributed by atoms with Crippen LogP contribution in [0, 0.1) is 11.3 Å². The smallest absolute Gasteiger partial charge is 0.345 e. The number of hydrogen-bond donors (Lipinski definition) is 0. The molecule has 0 amide bonds. The van der Waals surface area contributed by atoms with Crippen LogP contribution in [0.3, 0.4) is 0 Å². The van der Waals surface area contributed by atoms with Gasteiger partial charge < -0.3 is 9.15 Å². The highest BCUT2D eigenvalue weighted by Gasteiger charge is 2.13. The molecular weight excluding hydrogens is 288 g/mol. The number of nitriles is 1. The van der Waals surface area contributed by atoms with Gasteiger partial charge in [0.2, 0.25) is 0 Å². The maximum Gasteiger partial charge on any atom is 0.345 e. The van der Waals surface area contributed by atoms with Gasteiger partial charge in [-0.25, -0.2) is 9.78 Å². The minimum Gasteiger partial charge on any atom is -0.493 e. The van der Waals surface area contributed by atoms with E-state index in [1.54, 1.807) is 17.5 Å². The van der Waals surface area contributed by atoms with E-state index in [-0.39, 0.29) is 6.42 Å². The van der Waals surface area contributed by atoms with Crippen molar-refractivity contribution in [1.82, 2.24) is 4.98 Å². The monoisotopic (exact) mass is 298 g/mol. The predicted molar refractivity (Wildman–Crippen MR) is 79.5 cm³/mol. The molecule has 0 aliphatic heterocycles. The van der Waals surface area contributed by atoms with Crippen LogP contribution in [0.25, 0.3) is 22.2 Å². The molecule has 0 spiro atoms. The quantitative estimate of drug-likeness (QED) is 0.695. The zero-order valence-electron chi connectivity index (χ0n) is 11.1. The van der Waals surface area contributed by atoms with E-state index in [4.69, 9.17) is 14.4 Å². The van der Waals surface area contributed by atoms with Gasteiger partial charge in [-0.3, -0.25) is 0 Å². The Kier molecular flexibility index (Phi) is 3.42. The molecule has 5 nitrogen and oxygen atoms in total. The lowest BCUT2D eigenvalue weighted by atomic mass is 10.1. The summed E-state index contributed by atoms with van der Waals surface area (Å²) in [6.45, 7) is 0. The van der Waals surface area contributed by atoms with E-state index < -0.39 is 5.63 Å². The molecule has 0 unspecified atom stereocenters. The first-order valence-corrected chi connectivity index (χ1v) is 7.03. The second-order valence-corrected chi connectivity index (χ2v) is 5.23. The number of ether oxygens (including phenoxy) is 1. The van der Waals surface area contributed by atoms with Gasteiger partial charge in [-0.2, -0.15) is 5.26 Å². The lowest BCUT2D eigenvalue weighted by Crippen LogP contribution is -2.03. The number of methoxy groups -OCH3 is 1. The molecule has 0 fully saturated rings. The second-order valence-electron chi connectivity index (χ2n) is 4.29. The Balaban J connectivity index is 2.17. The molecule has 0 radical (unpaired) electrons. The predicted octanol–water partition coefficient (Wildman–Crippen LogP) is 2.99. The van der Waals surface area contributed by atoms with E-state index in [2.05, 4.69) is 4.98 Å². The maximum absolute atomic E-state index is 12.1. The number of rotatable bonds is 3. The molecule has 21 heavy (non-hydrogen) atoms. The van der Waals surface area contributed by atoms with Crippen LogP contribution in [0.4, 0.5) is 0 Å². The number of thiazole rings is 1. The van der Waals surface area contributed by atoms with Gasteiger partial charge in [-0.15, -0.1) is 11.3 Å². The number of hydrogen-bond acceptors (Lipinski definition) is 6. The zero-order chi connectivity index (χ0) is 14.8. The van der Waals surface area contributed by atoms with Crippen molar-refractivity contribution in [1.29, 1.82) is 5.26 Å². The third-order valence-electron chi connectivity index (χ3n) is 3.00. The average Bonchev–Trinajstić information content (AvgIpc) is 2.95. The molecule has 0 saturated carbocycles. The van der Waals surface area contributed by atoms with Gasteiger partial charge in [0.15, 0.2) is 11.3 Å². The molecule has 0 N–H and O–H groups in total. The van der Waals surface area contributed by atoms with Crippen molar-refractivity contribution in [3.8, 4) is 23.1 Å². The lowest BCUT2D eigenvalue weighted by Gasteiger charge is -2.04. The van der Waals surface area contributed by atoms with Gasteiger partial charge in [-0.1, -0.05) is 12.1 Å². The molecule has 3 aromatic rings. The summed E-state index contributed by atoms with van der Waals surface area (Å²) in [6, 6.07) is 9.17. The molecular formula is C15H10N2O3S. The highest BCUT2D eigenvalue weighted by Crippen LogP contribution is 2.28. The second kappa shape index (κ2) is 5.38. The third-order valence-corrected chi connectivity index (χ3v) is 3.85. The van der Waals surface area contributed by atoms with E-state index in [1.807, 2.05) is 18.2 Å². The van der Waals surface area contributed by atoms with Crippen molar-refractivity contribution in [3.05, 3.63) is 45.1 Å². The van der Waals surface area contributed by atoms with Crippen molar-refractivity contribution < 1.29 is 9.15 Å². The number of nitrogens with zero attached hydrogens (tertiary/aromatic N) is 2. The van der Waals surface area contributed by atoms with Gasteiger partial charge in [0.05, 0.1) is 30.9 Å². The number of benzene rings is 1. The van der Waals surface area contributed by atoms with Gasteiger partial charge >= 0.3 is 5.63 Å². The van der Waals surface area contributed by atoms with Crippen molar-refractivity contribution in [2.24, 2.45) is 0 Å². The Bertz CT molecular complexity index is 905. The lowest BCUT2D eigenvalue weighted by molar-refractivity contribution is 0.407.